The van der Waals surface area contributed by atoms with Crippen molar-refractivity contribution < 1.29 is 13.5 Å². The third kappa shape index (κ3) is 3.34. The number of aryl methyl sites for hydroxylation is 1. The van der Waals surface area contributed by atoms with Crippen LogP contribution < -0.4 is 4.72 Å². The van der Waals surface area contributed by atoms with Gasteiger partial charge in [0, 0.05) is 24.5 Å². The summed E-state index contributed by atoms with van der Waals surface area (Å²) in [6.07, 6.45) is 3.09. The Bertz CT molecular complexity index is 454. The van der Waals surface area contributed by atoms with E-state index >= 15 is 0 Å². The lowest BCUT2D eigenvalue weighted by atomic mass is 10.2. The third-order valence-corrected chi connectivity index (χ3v) is 4.57. The minimum atomic E-state index is -3.49. The van der Waals surface area contributed by atoms with Gasteiger partial charge in [-0.2, -0.15) is 0 Å². The van der Waals surface area contributed by atoms with E-state index in [0.29, 0.717) is 12.2 Å². The highest BCUT2D eigenvalue weighted by atomic mass is 32.2. The number of aliphatic hydroxyl groups excluding tert-OH is 1. The number of hydrogen-bond acceptors (Lipinski definition) is 3. The first kappa shape index (κ1) is 15.2. The van der Waals surface area contributed by atoms with E-state index in [2.05, 4.69) is 4.72 Å². The van der Waals surface area contributed by atoms with E-state index in [0.717, 1.165) is 12.8 Å². The van der Waals surface area contributed by atoms with Gasteiger partial charge in [-0.05, 0) is 25.8 Å². The Morgan fingerprint density at radius 3 is 2.33 bits per heavy atom. The van der Waals surface area contributed by atoms with Crippen molar-refractivity contribution in [3.63, 3.8) is 0 Å². The highest BCUT2D eigenvalue weighted by molar-refractivity contribution is 7.89. The number of hydrogen-bond donors (Lipinski definition) is 2. The molecule has 0 aliphatic heterocycles. The van der Waals surface area contributed by atoms with Crippen molar-refractivity contribution in [2.45, 2.75) is 57.7 Å². The molecule has 6 heteroatoms. The number of nitrogens with zero attached hydrogens (tertiary/aromatic N) is 1. The lowest BCUT2D eigenvalue weighted by Gasteiger charge is -2.13. The molecule has 0 aromatic carbocycles. The third-order valence-electron chi connectivity index (χ3n) is 3.08. The van der Waals surface area contributed by atoms with Gasteiger partial charge in [0.15, 0.2) is 0 Å². The van der Waals surface area contributed by atoms with Crippen LogP contribution >= 0.6 is 0 Å². The van der Waals surface area contributed by atoms with Crippen molar-refractivity contribution in [1.82, 2.24) is 9.29 Å². The van der Waals surface area contributed by atoms with E-state index in [-0.39, 0.29) is 17.5 Å². The molecule has 1 heterocycles. The number of aliphatic hydroxyl groups is 1. The fourth-order valence-corrected chi connectivity index (χ4v) is 3.31. The maximum Gasteiger partial charge on any atom is 0.242 e. The van der Waals surface area contributed by atoms with Gasteiger partial charge in [0.05, 0.1) is 11.5 Å². The van der Waals surface area contributed by atoms with Crippen LogP contribution in [0.5, 0.6) is 0 Å². The SMILES string of the molecule is CCC(CC)NS(=O)(=O)c1cc(CO)n(CC)c1. The quantitative estimate of drug-likeness (QED) is 0.791. The topological polar surface area (TPSA) is 71.3 Å². The molecule has 0 bridgehead atoms. The predicted octanol–water partition coefficient (Wildman–Crippen LogP) is 1.47. The maximum atomic E-state index is 12.2. The Labute approximate surface area is 109 Å². The molecule has 5 nitrogen and oxygen atoms in total. The summed E-state index contributed by atoms with van der Waals surface area (Å²) in [5.74, 6) is 0. The van der Waals surface area contributed by atoms with E-state index in [4.69, 9.17) is 5.11 Å². The summed E-state index contributed by atoms with van der Waals surface area (Å²) in [7, 11) is -3.49. The number of aromatic nitrogens is 1. The highest BCUT2D eigenvalue weighted by Gasteiger charge is 2.20. The number of nitrogens with one attached hydrogen (secondary N) is 1. The molecule has 0 saturated heterocycles. The molecule has 18 heavy (non-hydrogen) atoms. The lowest BCUT2D eigenvalue weighted by molar-refractivity contribution is 0.271. The average Bonchev–Trinajstić information content (AvgIpc) is 2.79. The minimum absolute atomic E-state index is 0.0439. The van der Waals surface area contributed by atoms with Gasteiger partial charge in [0.25, 0.3) is 0 Å². The second-order valence-electron chi connectivity index (χ2n) is 4.25. The Balaban J connectivity index is 3.01. The van der Waals surface area contributed by atoms with E-state index in [9.17, 15) is 8.42 Å². The predicted molar refractivity (Wildman–Crippen MR) is 70.7 cm³/mol. The molecular formula is C12H22N2O3S. The molecule has 0 saturated carbocycles. The fourth-order valence-electron chi connectivity index (χ4n) is 1.84. The van der Waals surface area contributed by atoms with E-state index in [1.165, 1.54) is 6.07 Å². The first-order valence-electron chi connectivity index (χ1n) is 6.30. The van der Waals surface area contributed by atoms with Crippen molar-refractivity contribution >= 4 is 10.0 Å². The summed E-state index contributed by atoms with van der Waals surface area (Å²) in [6.45, 7) is 6.29. The largest absolute Gasteiger partial charge is 0.390 e. The zero-order valence-corrected chi connectivity index (χ0v) is 12.0. The van der Waals surface area contributed by atoms with Gasteiger partial charge < -0.3 is 9.67 Å². The number of sulfonamides is 1. The van der Waals surface area contributed by atoms with Crippen LogP contribution in [0.15, 0.2) is 17.2 Å². The molecule has 1 aromatic heterocycles. The van der Waals surface area contributed by atoms with Gasteiger partial charge >= 0.3 is 0 Å². The molecule has 0 fully saturated rings. The highest BCUT2D eigenvalue weighted by Crippen LogP contribution is 2.16. The zero-order valence-electron chi connectivity index (χ0n) is 11.2. The molecule has 0 atom stereocenters. The van der Waals surface area contributed by atoms with E-state index < -0.39 is 10.0 Å². The van der Waals surface area contributed by atoms with E-state index in [1.54, 1.807) is 10.8 Å². The molecule has 0 aliphatic rings. The second kappa shape index (κ2) is 6.36. The van der Waals surface area contributed by atoms with Crippen molar-refractivity contribution in [3.8, 4) is 0 Å². The monoisotopic (exact) mass is 274 g/mol. The average molecular weight is 274 g/mol. The van der Waals surface area contributed by atoms with Crippen molar-refractivity contribution in [2.75, 3.05) is 0 Å². The Morgan fingerprint density at radius 1 is 1.33 bits per heavy atom. The molecule has 0 unspecified atom stereocenters. The van der Waals surface area contributed by atoms with Crippen molar-refractivity contribution in [3.05, 3.63) is 18.0 Å². The van der Waals surface area contributed by atoms with Gasteiger partial charge in [-0.15, -0.1) is 0 Å². The minimum Gasteiger partial charge on any atom is -0.390 e. The van der Waals surface area contributed by atoms with Gasteiger partial charge in [0.1, 0.15) is 0 Å². The lowest BCUT2D eigenvalue weighted by Crippen LogP contribution is -2.33. The molecule has 0 radical (unpaired) electrons. The smallest absolute Gasteiger partial charge is 0.242 e. The molecule has 0 amide bonds. The summed E-state index contributed by atoms with van der Waals surface area (Å²) in [6, 6.07) is 1.48. The van der Waals surface area contributed by atoms with Gasteiger partial charge in [-0.25, -0.2) is 13.1 Å². The van der Waals surface area contributed by atoms with Crippen LogP contribution in [0.2, 0.25) is 0 Å². The fraction of sp³-hybridized carbons (Fsp3) is 0.667. The summed E-state index contributed by atoms with van der Waals surface area (Å²) in [5, 5.41) is 9.17. The van der Waals surface area contributed by atoms with Crippen LogP contribution in [-0.2, 0) is 23.2 Å². The molecular weight excluding hydrogens is 252 g/mol. The van der Waals surface area contributed by atoms with Gasteiger partial charge in [-0.1, -0.05) is 13.8 Å². The Hall–Kier alpha value is -0.850. The summed E-state index contributed by atoms with van der Waals surface area (Å²) in [4.78, 5) is 0.223. The summed E-state index contributed by atoms with van der Waals surface area (Å²) >= 11 is 0. The number of rotatable bonds is 7. The molecule has 104 valence electrons. The molecule has 1 rings (SSSR count). The van der Waals surface area contributed by atoms with E-state index in [1.807, 2.05) is 20.8 Å². The van der Waals surface area contributed by atoms with Crippen molar-refractivity contribution in [1.29, 1.82) is 0 Å². The second-order valence-corrected chi connectivity index (χ2v) is 5.96. The van der Waals surface area contributed by atoms with Crippen LogP contribution in [0.4, 0.5) is 0 Å². The standard InChI is InChI=1S/C12H22N2O3S/c1-4-10(5-2)13-18(16,17)12-7-11(9-15)14(6-3)8-12/h7-8,10,13,15H,4-6,9H2,1-3H3. The Kier molecular flexibility index (Phi) is 5.37. The van der Waals surface area contributed by atoms with Crippen LogP contribution in [0, 0.1) is 0 Å². The van der Waals surface area contributed by atoms with Gasteiger partial charge in [-0.3, -0.25) is 0 Å². The first-order valence-corrected chi connectivity index (χ1v) is 7.79. The normalized spacial score (nSPS) is 12.3. The van der Waals surface area contributed by atoms with Crippen LogP contribution in [0.3, 0.4) is 0 Å². The maximum absolute atomic E-state index is 12.2. The summed E-state index contributed by atoms with van der Waals surface area (Å²) < 4.78 is 28.7. The molecule has 2 N–H and O–H groups in total. The molecule has 0 spiro atoms. The van der Waals surface area contributed by atoms with Crippen LogP contribution in [-0.4, -0.2) is 24.1 Å². The molecule has 1 aromatic rings. The van der Waals surface area contributed by atoms with Gasteiger partial charge in [0.2, 0.25) is 10.0 Å². The summed E-state index contributed by atoms with van der Waals surface area (Å²) in [5.41, 5.74) is 0.613. The van der Waals surface area contributed by atoms with Crippen molar-refractivity contribution in [2.24, 2.45) is 0 Å². The van der Waals surface area contributed by atoms with Crippen LogP contribution in [0.1, 0.15) is 39.3 Å². The van der Waals surface area contributed by atoms with Crippen LogP contribution in [0.25, 0.3) is 0 Å². The zero-order chi connectivity index (χ0) is 13.8. The first-order chi connectivity index (χ1) is 8.48. The molecule has 0 aliphatic carbocycles. The Morgan fingerprint density at radius 2 is 1.94 bits per heavy atom.